The second-order valence-corrected chi connectivity index (χ2v) is 18.3. The molecule has 4 unspecified atom stereocenters. The molecular formula is C48H78N10O15. The zero-order valence-corrected chi connectivity index (χ0v) is 43.1. The van der Waals surface area contributed by atoms with E-state index in [-0.39, 0.29) is 59.5 Å². The van der Waals surface area contributed by atoms with E-state index in [1.54, 1.807) is 7.05 Å². The molecule has 73 heavy (non-hydrogen) atoms. The fourth-order valence-electron chi connectivity index (χ4n) is 7.24. The Bertz CT molecular complexity index is 2060. The monoisotopic (exact) mass is 1030 g/mol. The van der Waals surface area contributed by atoms with Crippen molar-refractivity contribution in [2.45, 2.75) is 149 Å². The molecular weight excluding hydrogens is 957 g/mol. The third kappa shape index (κ3) is 26.7. The lowest BCUT2D eigenvalue weighted by atomic mass is 10.0. The first-order valence-electron chi connectivity index (χ1n) is 24.9. The Morgan fingerprint density at radius 3 is 1.41 bits per heavy atom. The fourth-order valence-corrected chi connectivity index (χ4v) is 7.24. The number of anilines is 2. The van der Waals surface area contributed by atoms with Crippen molar-refractivity contribution in [1.29, 1.82) is 0 Å². The summed E-state index contributed by atoms with van der Waals surface area (Å²) in [5.74, 6) is -1.78. The molecule has 0 aliphatic rings. The van der Waals surface area contributed by atoms with Crippen LogP contribution in [0, 0.1) is 52.3 Å². The molecule has 0 bridgehead atoms. The molecule has 0 radical (unpaired) electrons. The molecule has 0 aliphatic carbocycles. The van der Waals surface area contributed by atoms with E-state index in [1.165, 1.54) is 31.2 Å². The number of aliphatic hydroxyl groups excluding tert-OH is 1. The Morgan fingerprint density at radius 1 is 0.603 bits per heavy atom. The second kappa shape index (κ2) is 36.5. The summed E-state index contributed by atoms with van der Waals surface area (Å²) in [6.45, 7) is 11.4. The maximum Gasteiger partial charge on any atom is 0.328 e. The predicted molar refractivity (Wildman–Crippen MR) is 275 cm³/mol. The molecule has 0 aliphatic heterocycles. The van der Waals surface area contributed by atoms with E-state index < -0.39 is 55.5 Å². The number of aliphatic hydroxyl groups is 1. The van der Waals surface area contributed by atoms with E-state index in [2.05, 4.69) is 26.6 Å². The summed E-state index contributed by atoms with van der Waals surface area (Å²) in [7, 11) is 1.74. The first-order chi connectivity index (χ1) is 34.6. The Kier molecular flexibility index (Phi) is 32.3. The zero-order valence-electron chi connectivity index (χ0n) is 43.1. The van der Waals surface area contributed by atoms with Crippen LogP contribution in [0.25, 0.3) is 0 Å². The molecule has 0 heterocycles. The van der Waals surface area contributed by atoms with Crippen molar-refractivity contribution in [2.75, 3.05) is 57.1 Å². The van der Waals surface area contributed by atoms with Crippen molar-refractivity contribution < 1.29 is 53.5 Å². The third-order valence-electron chi connectivity index (χ3n) is 11.2. The second-order valence-electron chi connectivity index (χ2n) is 18.3. The molecule has 0 spiro atoms. The summed E-state index contributed by atoms with van der Waals surface area (Å²) in [5.41, 5.74) is 4.55. The number of likely N-dealkylation sites (N-methyl/N-ethyl adjacent to an activating group) is 1. The summed E-state index contributed by atoms with van der Waals surface area (Å²) in [6.07, 6.45) is 8.66. The Morgan fingerprint density at radius 2 is 1.01 bits per heavy atom. The van der Waals surface area contributed by atoms with Crippen molar-refractivity contribution in [1.82, 2.24) is 16.0 Å². The molecule has 0 fully saturated rings. The van der Waals surface area contributed by atoms with Crippen molar-refractivity contribution in [3.63, 3.8) is 0 Å². The molecule has 25 heteroatoms. The van der Waals surface area contributed by atoms with E-state index in [1.807, 2.05) is 27.7 Å². The normalized spacial score (nSPS) is 12.6. The van der Waals surface area contributed by atoms with Crippen LogP contribution >= 0.6 is 0 Å². The van der Waals surface area contributed by atoms with Gasteiger partial charge in [0.25, 0.3) is 22.7 Å². The smallest absolute Gasteiger partial charge is 0.328 e. The van der Waals surface area contributed by atoms with Crippen molar-refractivity contribution in [2.24, 2.45) is 17.6 Å². The number of unbranched alkanes of at least 4 members (excludes halogenated alkanes) is 9. The Balaban J connectivity index is 0.00000110. The SMILES string of the molecule is CNC(CC(C)C)C(=O)OCCCCCCOC(=O)C(CC(C)C)NC(=O)C(NCCCCCCNc1ccc([N+](=O)[O-])cc1[N+](=O)[O-])C(O)C(C)=O.NCCCCCCNc1ccc([N+](=O)[O-])cc1[N+](=O)[O-]. The number of benzene rings is 2. The maximum absolute atomic E-state index is 13.3. The Labute approximate surface area is 426 Å². The molecule has 2 aromatic carbocycles. The number of nitrogens with two attached hydrogens (primary N) is 1. The number of nitro groups is 4. The number of ether oxygens (including phenoxy) is 2. The van der Waals surface area contributed by atoms with Crippen LogP contribution in [-0.2, 0) is 28.7 Å². The summed E-state index contributed by atoms with van der Waals surface area (Å²) >= 11 is 0. The summed E-state index contributed by atoms with van der Waals surface area (Å²) in [4.78, 5) is 91.6. The number of amides is 1. The van der Waals surface area contributed by atoms with Gasteiger partial charge in [-0.1, -0.05) is 53.4 Å². The van der Waals surface area contributed by atoms with Gasteiger partial charge in [0.15, 0.2) is 5.78 Å². The summed E-state index contributed by atoms with van der Waals surface area (Å²) < 4.78 is 10.8. The molecule has 410 valence electrons. The van der Waals surface area contributed by atoms with Gasteiger partial charge in [0.2, 0.25) is 5.91 Å². The highest BCUT2D eigenvalue weighted by molar-refractivity contribution is 5.93. The van der Waals surface area contributed by atoms with Gasteiger partial charge < -0.3 is 46.9 Å². The van der Waals surface area contributed by atoms with Gasteiger partial charge in [-0.15, -0.1) is 0 Å². The minimum absolute atomic E-state index is 0.0313. The van der Waals surface area contributed by atoms with Crippen molar-refractivity contribution in [3.05, 3.63) is 76.9 Å². The highest BCUT2D eigenvalue weighted by Gasteiger charge is 2.33. The van der Waals surface area contributed by atoms with Crippen LogP contribution < -0.4 is 32.3 Å². The molecule has 0 aromatic heterocycles. The molecule has 1 amide bonds. The zero-order chi connectivity index (χ0) is 54.9. The minimum Gasteiger partial charge on any atom is -0.465 e. The predicted octanol–water partition coefficient (Wildman–Crippen LogP) is 6.63. The van der Waals surface area contributed by atoms with Gasteiger partial charge in [0.05, 0.1) is 45.0 Å². The molecule has 25 nitrogen and oxygen atoms in total. The number of hydrogen-bond donors (Lipinski definition) is 7. The number of carbonyl (C=O) groups is 4. The van der Waals surface area contributed by atoms with E-state index in [0.717, 1.165) is 50.7 Å². The van der Waals surface area contributed by atoms with Gasteiger partial charge in [-0.05, 0) is 115 Å². The Hall–Kier alpha value is -6.44. The van der Waals surface area contributed by atoms with Gasteiger partial charge in [0.1, 0.15) is 35.6 Å². The highest BCUT2D eigenvalue weighted by Crippen LogP contribution is 2.30. The topological polar surface area (TPSA) is 366 Å². The number of nitrogens with zero attached hydrogens (tertiary/aromatic N) is 4. The number of esters is 2. The maximum atomic E-state index is 13.3. The molecule has 8 N–H and O–H groups in total. The van der Waals surface area contributed by atoms with E-state index in [9.17, 15) is 64.7 Å². The molecule has 4 atom stereocenters. The van der Waals surface area contributed by atoms with Gasteiger partial charge in [-0.25, -0.2) is 4.79 Å². The quantitative estimate of drug-likeness (QED) is 0.0160. The number of hydrogen-bond acceptors (Lipinski definition) is 20. The summed E-state index contributed by atoms with van der Waals surface area (Å²) in [5, 5.41) is 68.7. The van der Waals surface area contributed by atoms with Gasteiger partial charge >= 0.3 is 11.9 Å². The van der Waals surface area contributed by atoms with Crippen LogP contribution in [-0.4, -0.2) is 119 Å². The van der Waals surface area contributed by atoms with Crippen LogP contribution in [0.2, 0.25) is 0 Å². The van der Waals surface area contributed by atoms with Crippen LogP contribution in [0.4, 0.5) is 34.1 Å². The first kappa shape index (κ1) is 64.6. The number of ketones is 1. The van der Waals surface area contributed by atoms with Crippen molar-refractivity contribution >= 4 is 57.8 Å². The van der Waals surface area contributed by atoms with Crippen LogP contribution in [0.5, 0.6) is 0 Å². The number of Topliss-reactive ketones (excluding diaryl/α,β-unsaturated/α-hetero) is 1. The molecule has 2 aromatic rings. The van der Waals surface area contributed by atoms with Crippen LogP contribution in [0.1, 0.15) is 125 Å². The third-order valence-corrected chi connectivity index (χ3v) is 11.2. The highest BCUT2D eigenvalue weighted by atomic mass is 16.6. The van der Waals surface area contributed by atoms with E-state index >= 15 is 0 Å². The van der Waals surface area contributed by atoms with Crippen LogP contribution in [0.3, 0.4) is 0 Å². The number of nitrogens with one attached hydrogen (secondary N) is 5. The van der Waals surface area contributed by atoms with E-state index in [4.69, 9.17) is 15.2 Å². The molecule has 0 saturated carbocycles. The number of non-ortho nitro benzene ring substituents is 2. The van der Waals surface area contributed by atoms with Gasteiger partial charge in [-0.3, -0.25) is 54.8 Å². The lowest BCUT2D eigenvalue weighted by Crippen LogP contribution is -2.57. The average Bonchev–Trinajstić information content (AvgIpc) is 3.33. The summed E-state index contributed by atoms with van der Waals surface area (Å²) in [6, 6.07) is 4.41. The number of nitro benzene ring substituents is 4. The molecule has 2 rings (SSSR count). The number of rotatable bonds is 38. The van der Waals surface area contributed by atoms with Gasteiger partial charge in [0, 0.05) is 25.2 Å². The van der Waals surface area contributed by atoms with Crippen molar-refractivity contribution in [3.8, 4) is 0 Å². The fraction of sp³-hybridized carbons (Fsp3) is 0.667. The number of carbonyl (C=O) groups excluding carboxylic acids is 4. The van der Waals surface area contributed by atoms with Gasteiger partial charge in [-0.2, -0.15) is 0 Å². The lowest BCUT2D eigenvalue weighted by Gasteiger charge is -2.25. The lowest BCUT2D eigenvalue weighted by molar-refractivity contribution is -0.393. The standard InChI is InChI=1S/C36H60N6O11.C12H18N4O4/c1-24(2)21-29(37-6)35(46)52-19-13-9-10-14-20-53-36(47)30(22-25(3)4)40-34(45)32(33(44)26(5)43)39-18-12-8-7-11-17-38-28-16-15-27(41(48)49)23-31(28)42(50)51;13-7-3-1-2-4-8-14-11-6-5-10(15(17)18)9-12(11)16(19)20/h15-16,23-25,29-30,32-33,37-39,44H,7-14,17-22H2,1-6H3,(H,40,45);5-6,9,14H,1-4,7-8,13H2. The minimum atomic E-state index is -1.63. The average molecular weight is 1040 g/mol. The van der Waals surface area contributed by atoms with Crippen LogP contribution in [0.15, 0.2) is 36.4 Å². The molecule has 0 saturated heterocycles. The first-order valence-corrected chi connectivity index (χ1v) is 24.9. The largest absolute Gasteiger partial charge is 0.465 e. The van der Waals surface area contributed by atoms with E-state index in [0.29, 0.717) is 89.2 Å².